The van der Waals surface area contributed by atoms with Gasteiger partial charge in [0.15, 0.2) is 0 Å². The molecule has 0 fully saturated rings. The van der Waals surface area contributed by atoms with Crippen molar-refractivity contribution in [3.8, 4) is 17.2 Å². The van der Waals surface area contributed by atoms with Crippen LogP contribution in [0.15, 0.2) is 35.2 Å². The summed E-state index contributed by atoms with van der Waals surface area (Å²) in [5.41, 5.74) is -8.29. The smallest absolute Gasteiger partial charge is 0.501 e. The monoisotopic (exact) mass is 507 g/mol. The molecule has 0 radical (unpaired) electrons. The molecule has 0 saturated heterocycles. The van der Waals surface area contributed by atoms with Crippen molar-refractivity contribution in [1.82, 2.24) is 0 Å². The van der Waals surface area contributed by atoms with Crippen molar-refractivity contribution in [2.45, 2.75) is 36.8 Å². The van der Waals surface area contributed by atoms with E-state index < -0.39 is 77.3 Å². The van der Waals surface area contributed by atoms with Gasteiger partial charge in [0, 0.05) is 6.07 Å². The lowest BCUT2D eigenvalue weighted by Crippen LogP contribution is -2.23. The number of carboxylic acids is 1. The number of carboxylic acid groups (broad SMARTS) is 1. The quantitative estimate of drug-likeness (QED) is 0.302. The Labute approximate surface area is 189 Å². The Hall–Kier alpha value is -3.88. The molecule has 0 bridgehead atoms. The molecule has 2 aromatic rings. The standard InChI is InChI=1S/C19H16F3NO10S/c1-3-9(2)32-18(27)11-8-16(12(17(25)26)7-14(11)24)33-15-5-4-10(6-13(15)23(28)29)34(30,31)19(20,21)22/h4-9,24H,3H2,1-2H3,(H,25,26). The van der Waals surface area contributed by atoms with Crippen LogP contribution >= 0.6 is 0 Å². The number of carbonyl (C=O) groups excluding carboxylic acids is 1. The lowest BCUT2D eigenvalue weighted by Gasteiger charge is -2.15. The topological polar surface area (TPSA) is 170 Å². The largest absolute Gasteiger partial charge is 0.507 e. The predicted molar refractivity (Wildman–Crippen MR) is 107 cm³/mol. The van der Waals surface area contributed by atoms with E-state index in [-0.39, 0.29) is 6.07 Å². The molecular weight excluding hydrogens is 491 g/mol. The average Bonchev–Trinajstić information content (AvgIpc) is 2.73. The highest BCUT2D eigenvalue weighted by molar-refractivity contribution is 7.92. The highest BCUT2D eigenvalue weighted by atomic mass is 32.2. The van der Waals surface area contributed by atoms with E-state index in [0.717, 1.165) is 0 Å². The second-order valence-corrected chi connectivity index (χ2v) is 8.67. The number of nitro benzene ring substituents is 1. The zero-order chi connectivity index (χ0) is 26.0. The minimum Gasteiger partial charge on any atom is -0.507 e. The van der Waals surface area contributed by atoms with Crippen LogP contribution in [-0.4, -0.2) is 47.1 Å². The molecule has 1 unspecified atom stereocenters. The number of carbonyl (C=O) groups is 2. The van der Waals surface area contributed by atoms with Gasteiger partial charge in [0.1, 0.15) is 22.6 Å². The number of aromatic carboxylic acids is 1. The van der Waals surface area contributed by atoms with Crippen molar-refractivity contribution in [3.63, 3.8) is 0 Å². The molecule has 2 N–H and O–H groups in total. The van der Waals surface area contributed by atoms with E-state index in [1.807, 2.05) is 0 Å². The molecule has 1 atom stereocenters. The number of alkyl halides is 3. The maximum Gasteiger partial charge on any atom is 0.501 e. The third kappa shape index (κ3) is 5.36. The third-order valence-corrected chi connectivity index (χ3v) is 5.88. The van der Waals surface area contributed by atoms with Gasteiger partial charge in [-0.15, -0.1) is 0 Å². The molecule has 2 aromatic carbocycles. The van der Waals surface area contributed by atoms with Crippen LogP contribution in [0.5, 0.6) is 17.2 Å². The number of nitro groups is 1. The third-order valence-electron chi connectivity index (χ3n) is 4.39. The van der Waals surface area contributed by atoms with E-state index in [9.17, 15) is 51.5 Å². The fraction of sp³-hybridized carbons (Fsp3) is 0.263. The van der Waals surface area contributed by atoms with Gasteiger partial charge < -0.3 is 19.7 Å². The molecule has 184 valence electrons. The first kappa shape index (κ1) is 26.4. The molecule has 0 aliphatic carbocycles. The van der Waals surface area contributed by atoms with Gasteiger partial charge in [-0.05, 0) is 37.6 Å². The zero-order valence-electron chi connectivity index (χ0n) is 17.3. The first-order chi connectivity index (χ1) is 15.6. The van der Waals surface area contributed by atoms with E-state index in [1.165, 1.54) is 6.92 Å². The second-order valence-electron chi connectivity index (χ2n) is 6.73. The number of nitrogens with zero attached hydrogens (tertiary/aromatic N) is 1. The molecule has 11 nitrogen and oxygen atoms in total. The summed E-state index contributed by atoms with van der Waals surface area (Å²) in [6, 6.07) is 2.32. The number of halogens is 3. The zero-order valence-corrected chi connectivity index (χ0v) is 18.1. The Morgan fingerprint density at radius 2 is 1.76 bits per heavy atom. The van der Waals surface area contributed by atoms with Crippen molar-refractivity contribution in [1.29, 1.82) is 0 Å². The molecule has 34 heavy (non-hydrogen) atoms. The maximum atomic E-state index is 12.8. The van der Waals surface area contributed by atoms with Crippen LogP contribution in [0.3, 0.4) is 0 Å². The minimum atomic E-state index is -5.93. The summed E-state index contributed by atoms with van der Waals surface area (Å²) in [5.74, 6) is -5.11. The van der Waals surface area contributed by atoms with E-state index in [0.29, 0.717) is 30.7 Å². The van der Waals surface area contributed by atoms with Crippen LogP contribution in [0, 0.1) is 10.1 Å². The normalized spacial score (nSPS) is 12.6. The van der Waals surface area contributed by atoms with Crippen LogP contribution in [0.2, 0.25) is 0 Å². The summed E-state index contributed by atoms with van der Waals surface area (Å²) in [6.45, 7) is 3.24. The van der Waals surface area contributed by atoms with Crippen molar-refractivity contribution in [2.24, 2.45) is 0 Å². The Balaban J connectivity index is 2.63. The summed E-state index contributed by atoms with van der Waals surface area (Å²) in [5, 5.41) is 30.7. The number of ether oxygens (including phenoxy) is 2. The summed E-state index contributed by atoms with van der Waals surface area (Å²) in [4.78, 5) is 32.5. The molecule has 0 aliphatic heterocycles. The summed E-state index contributed by atoms with van der Waals surface area (Å²) < 4.78 is 71.7. The molecule has 0 amide bonds. The van der Waals surface area contributed by atoms with E-state index >= 15 is 0 Å². The number of benzene rings is 2. The van der Waals surface area contributed by atoms with Crippen molar-refractivity contribution in [2.75, 3.05) is 0 Å². The van der Waals surface area contributed by atoms with E-state index in [4.69, 9.17) is 9.47 Å². The van der Waals surface area contributed by atoms with Crippen molar-refractivity contribution in [3.05, 3.63) is 51.6 Å². The Morgan fingerprint density at radius 3 is 2.26 bits per heavy atom. The highest BCUT2D eigenvalue weighted by Gasteiger charge is 2.47. The Kier molecular flexibility index (Phi) is 7.40. The van der Waals surface area contributed by atoms with Gasteiger partial charge in [0.25, 0.3) is 9.84 Å². The van der Waals surface area contributed by atoms with Gasteiger partial charge in [-0.1, -0.05) is 6.92 Å². The molecule has 0 saturated carbocycles. The Morgan fingerprint density at radius 1 is 1.15 bits per heavy atom. The summed E-state index contributed by atoms with van der Waals surface area (Å²) in [7, 11) is -5.93. The number of aromatic hydroxyl groups is 1. The van der Waals surface area contributed by atoms with Crippen LogP contribution < -0.4 is 4.74 Å². The number of rotatable bonds is 8. The van der Waals surface area contributed by atoms with E-state index in [2.05, 4.69) is 0 Å². The lowest BCUT2D eigenvalue weighted by molar-refractivity contribution is -0.385. The van der Waals surface area contributed by atoms with Crippen LogP contribution in [0.25, 0.3) is 0 Å². The van der Waals surface area contributed by atoms with Crippen molar-refractivity contribution < 1.29 is 55.8 Å². The molecular formula is C19H16F3NO10S. The molecule has 0 aliphatic rings. The van der Waals surface area contributed by atoms with Gasteiger partial charge in [-0.2, -0.15) is 13.2 Å². The van der Waals surface area contributed by atoms with Gasteiger partial charge in [0.05, 0.1) is 15.9 Å². The molecule has 0 spiro atoms. The maximum absolute atomic E-state index is 12.8. The number of hydrogen-bond acceptors (Lipinski definition) is 9. The molecule has 0 aromatic heterocycles. The first-order valence-corrected chi connectivity index (χ1v) is 10.7. The van der Waals surface area contributed by atoms with Gasteiger partial charge in [-0.3, -0.25) is 10.1 Å². The van der Waals surface area contributed by atoms with Crippen LogP contribution in [0.4, 0.5) is 18.9 Å². The number of phenols is 1. The first-order valence-electron chi connectivity index (χ1n) is 9.19. The predicted octanol–water partition coefficient (Wildman–Crippen LogP) is 4.04. The second kappa shape index (κ2) is 9.54. The van der Waals surface area contributed by atoms with Crippen LogP contribution in [0.1, 0.15) is 41.0 Å². The fourth-order valence-electron chi connectivity index (χ4n) is 2.46. The van der Waals surface area contributed by atoms with Gasteiger partial charge >= 0.3 is 23.1 Å². The molecule has 2 rings (SSSR count). The number of esters is 1. The van der Waals surface area contributed by atoms with Crippen molar-refractivity contribution >= 4 is 27.5 Å². The SMILES string of the molecule is CCC(C)OC(=O)c1cc(Oc2ccc(S(=O)(=O)C(F)(F)F)cc2[N+](=O)[O-])c(C(=O)O)cc1O. The van der Waals surface area contributed by atoms with E-state index in [1.54, 1.807) is 6.92 Å². The number of phenolic OH excluding ortho intramolecular Hbond substituents is 1. The van der Waals surface area contributed by atoms with Gasteiger partial charge in [-0.25, -0.2) is 18.0 Å². The summed E-state index contributed by atoms with van der Waals surface area (Å²) >= 11 is 0. The lowest BCUT2D eigenvalue weighted by atomic mass is 10.1. The number of sulfone groups is 1. The average molecular weight is 507 g/mol. The van der Waals surface area contributed by atoms with Gasteiger partial charge in [0.2, 0.25) is 5.75 Å². The minimum absolute atomic E-state index is 0.0944. The Bertz CT molecular complexity index is 1260. The molecule has 0 heterocycles. The summed E-state index contributed by atoms with van der Waals surface area (Å²) in [6.07, 6.45) is -0.178. The van der Waals surface area contributed by atoms with Crippen LogP contribution in [-0.2, 0) is 14.6 Å². The fourth-order valence-corrected chi connectivity index (χ4v) is 3.24. The number of hydrogen-bond donors (Lipinski definition) is 2. The highest BCUT2D eigenvalue weighted by Crippen LogP contribution is 2.39. The molecule has 15 heteroatoms.